The first-order chi connectivity index (χ1) is 15.4. The van der Waals surface area contributed by atoms with Gasteiger partial charge in [0.1, 0.15) is 0 Å². The topological polar surface area (TPSA) is 31.2 Å². The van der Waals surface area contributed by atoms with E-state index in [0.717, 1.165) is 13.1 Å². The molecule has 2 fully saturated rings. The van der Waals surface area contributed by atoms with Gasteiger partial charge < -0.3 is 9.80 Å². The molecule has 0 N–H and O–H groups in total. The molecular formula is C22H36F6N4PRh-. The molecule has 201 valence electrons. The zero-order valence-electron chi connectivity index (χ0n) is 19.5. The van der Waals surface area contributed by atoms with Crippen LogP contribution >= 0.6 is 7.81 Å². The van der Waals surface area contributed by atoms with E-state index >= 15 is 0 Å². The number of rotatable bonds is 0. The Bertz CT molecular complexity index is 666. The molecule has 0 unspecified atom stereocenters. The van der Waals surface area contributed by atoms with E-state index in [0.29, 0.717) is 0 Å². The van der Waals surface area contributed by atoms with Crippen molar-refractivity contribution in [3.8, 4) is 0 Å². The van der Waals surface area contributed by atoms with E-state index in [4.69, 9.17) is 0 Å². The van der Waals surface area contributed by atoms with Crippen LogP contribution < -0.4 is 0 Å². The minimum absolute atomic E-state index is 0. The molecule has 0 aromatic carbocycles. The second-order valence-corrected chi connectivity index (χ2v) is 10.5. The van der Waals surface area contributed by atoms with Crippen molar-refractivity contribution in [2.45, 2.75) is 64.2 Å². The summed E-state index contributed by atoms with van der Waals surface area (Å²) in [5.41, 5.74) is 0. The molecule has 0 spiro atoms. The van der Waals surface area contributed by atoms with Crippen LogP contribution in [0.4, 0.5) is 25.2 Å². The van der Waals surface area contributed by atoms with Crippen LogP contribution in [-0.2, 0) is 19.5 Å². The van der Waals surface area contributed by atoms with E-state index < -0.39 is 7.81 Å². The van der Waals surface area contributed by atoms with Crippen molar-refractivity contribution >= 4 is 19.5 Å². The number of nitrogens with zero attached hydrogens (tertiary/aromatic N) is 4. The van der Waals surface area contributed by atoms with E-state index in [2.05, 4.69) is 44.1 Å². The monoisotopic (exact) mass is 604 g/mol. The minimum Gasteiger partial charge on any atom is 0 e. The number of hydrogen-bond acceptors (Lipinski definition) is 4. The zero-order chi connectivity index (χ0) is 24.3. The van der Waals surface area contributed by atoms with Crippen molar-refractivity contribution in [1.29, 1.82) is 0 Å². The Morgan fingerprint density at radius 2 is 0.853 bits per heavy atom. The fourth-order valence-electron chi connectivity index (χ4n) is 4.07. The first kappa shape index (κ1) is 31.1. The molecule has 4 heterocycles. The van der Waals surface area contributed by atoms with Crippen molar-refractivity contribution in [1.82, 2.24) is 9.80 Å². The van der Waals surface area contributed by atoms with Gasteiger partial charge in [0.05, 0.1) is 11.7 Å². The Morgan fingerprint density at radius 1 is 0.559 bits per heavy atom. The SMILES string of the molecule is C1=C\CC/C=C\CC/1.C1CN=C2CCCN2C1.C1CN=C2CCCN2C1.F[P-](F)(F)(F)(F)F.[Rh]. The van der Waals surface area contributed by atoms with Gasteiger partial charge in [-0.15, -0.1) is 0 Å². The fourth-order valence-corrected chi connectivity index (χ4v) is 4.07. The number of amidine groups is 2. The quantitative estimate of drug-likeness (QED) is 0.122. The van der Waals surface area contributed by atoms with Gasteiger partial charge in [-0.3, -0.25) is 9.98 Å². The first-order valence-corrected chi connectivity index (χ1v) is 13.8. The van der Waals surface area contributed by atoms with E-state index in [1.54, 1.807) is 0 Å². The van der Waals surface area contributed by atoms with Gasteiger partial charge in [0.15, 0.2) is 0 Å². The van der Waals surface area contributed by atoms with Gasteiger partial charge in [0.2, 0.25) is 0 Å². The summed E-state index contributed by atoms with van der Waals surface area (Å²) < 4.78 is 59.2. The van der Waals surface area contributed by atoms with Crippen LogP contribution in [0.3, 0.4) is 0 Å². The molecule has 0 saturated carbocycles. The molecular weight excluding hydrogens is 568 g/mol. The summed E-state index contributed by atoms with van der Waals surface area (Å²) in [6.45, 7) is 7.20. The molecule has 4 aliphatic heterocycles. The Morgan fingerprint density at radius 3 is 1.15 bits per heavy atom. The van der Waals surface area contributed by atoms with Gasteiger partial charge in [-0.05, 0) is 51.4 Å². The maximum atomic E-state index is 9.87. The van der Waals surface area contributed by atoms with Crippen molar-refractivity contribution in [2.24, 2.45) is 9.98 Å². The summed E-state index contributed by atoms with van der Waals surface area (Å²) >= 11 is 0. The summed E-state index contributed by atoms with van der Waals surface area (Å²) in [5, 5.41) is 0. The van der Waals surface area contributed by atoms with Gasteiger partial charge in [-0.2, -0.15) is 0 Å². The predicted octanol–water partition coefficient (Wildman–Crippen LogP) is 7.82. The summed E-state index contributed by atoms with van der Waals surface area (Å²) in [6.07, 6.45) is 21.7. The first-order valence-electron chi connectivity index (χ1n) is 11.8. The normalized spacial score (nSPS) is 25.0. The van der Waals surface area contributed by atoms with Gasteiger partial charge in [-0.25, -0.2) is 0 Å². The van der Waals surface area contributed by atoms with Crippen molar-refractivity contribution in [3.63, 3.8) is 0 Å². The van der Waals surface area contributed by atoms with Crippen LogP contribution in [0.25, 0.3) is 0 Å². The van der Waals surface area contributed by atoms with Crippen LogP contribution in [-0.4, -0.2) is 60.7 Å². The molecule has 5 rings (SSSR count). The van der Waals surface area contributed by atoms with Crippen molar-refractivity contribution in [3.05, 3.63) is 24.3 Å². The zero-order valence-corrected chi connectivity index (χ0v) is 22.0. The Balaban J connectivity index is 0.000000226. The minimum atomic E-state index is -10.7. The third-order valence-electron chi connectivity index (χ3n) is 5.48. The molecule has 0 atom stereocenters. The number of fused-ring (bicyclic) bond motifs is 2. The molecule has 2 saturated heterocycles. The van der Waals surface area contributed by atoms with Crippen LogP contribution in [0.5, 0.6) is 0 Å². The predicted molar refractivity (Wildman–Crippen MR) is 126 cm³/mol. The third kappa shape index (κ3) is 16.6. The average molecular weight is 604 g/mol. The van der Waals surface area contributed by atoms with E-state index in [-0.39, 0.29) is 19.5 Å². The van der Waals surface area contributed by atoms with Gasteiger partial charge >= 0.3 is 33.0 Å². The molecule has 0 aromatic rings. The molecule has 1 radical (unpaired) electrons. The molecule has 0 bridgehead atoms. The summed E-state index contributed by atoms with van der Waals surface area (Å²) in [5.74, 6) is 2.75. The molecule has 5 aliphatic rings. The Labute approximate surface area is 211 Å². The summed E-state index contributed by atoms with van der Waals surface area (Å²) in [4.78, 5) is 13.7. The fraction of sp³-hybridized carbons (Fsp3) is 0.727. The van der Waals surface area contributed by atoms with E-state index in [1.165, 1.54) is 102 Å². The molecule has 1 aliphatic carbocycles. The van der Waals surface area contributed by atoms with Gasteiger partial charge in [0, 0.05) is 71.6 Å². The van der Waals surface area contributed by atoms with Crippen molar-refractivity contribution < 1.29 is 44.7 Å². The molecule has 4 nitrogen and oxygen atoms in total. The molecule has 0 aromatic heterocycles. The standard InChI is InChI=1S/C8H12.2C7H12N2.F6P.Rh/c1-2-4-6-8-7-5-3-1;2*1-3-7-8-4-2-6-9(7)5-1;1-7(2,3,4,5)6;/h1-2,7-8H,3-6H2;2*1-6H2;;/q;;;-1;/b2-1-,8-7-;;;;. The van der Waals surface area contributed by atoms with Gasteiger partial charge in [-0.1, -0.05) is 24.3 Å². The van der Waals surface area contributed by atoms with Crippen LogP contribution in [0.1, 0.15) is 64.2 Å². The van der Waals surface area contributed by atoms with Crippen LogP contribution in [0, 0.1) is 0 Å². The summed E-state index contributed by atoms with van der Waals surface area (Å²) in [6, 6.07) is 0. The van der Waals surface area contributed by atoms with E-state index in [1.807, 2.05) is 0 Å². The maximum absolute atomic E-state index is 10.7. The van der Waals surface area contributed by atoms with Gasteiger partial charge in [0.25, 0.3) is 0 Å². The smallest absolute Gasteiger partial charge is 0 e. The Kier molecular flexibility index (Phi) is 12.2. The van der Waals surface area contributed by atoms with Crippen LogP contribution in [0.2, 0.25) is 0 Å². The largest absolute Gasteiger partial charge is 0 e. The number of allylic oxidation sites excluding steroid dienone is 4. The molecule has 12 heteroatoms. The third-order valence-corrected chi connectivity index (χ3v) is 5.48. The molecule has 0 amide bonds. The maximum Gasteiger partial charge on any atom is 0 e. The second kappa shape index (κ2) is 13.4. The van der Waals surface area contributed by atoms with E-state index in [9.17, 15) is 25.2 Å². The summed E-state index contributed by atoms with van der Waals surface area (Å²) in [7, 11) is -10.7. The number of aliphatic imine (C=N–C) groups is 2. The Hall–Kier alpha value is -0.947. The van der Waals surface area contributed by atoms with Crippen molar-refractivity contribution in [2.75, 3.05) is 39.3 Å². The molecule has 34 heavy (non-hydrogen) atoms. The van der Waals surface area contributed by atoms with Crippen LogP contribution in [0.15, 0.2) is 34.3 Å². The number of halogens is 6. The second-order valence-electron chi connectivity index (χ2n) is 8.54. The average Bonchev–Trinajstić information content (AvgIpc) is 3.35. The number of hydrogen-bond donors (Lipinski definition) is 0.